The zero-order chi connectivity index (χ0) is 23.5. The second-order valence-corrected chi connectivity index (χ2v) is 8.57. The van der Waals surface area contributed by atoms with Crippen LogP contribution in [0.3, 0.4) is 0 Å². The number of hydrogen-bond acceptors (Lipinski definition) is 8. The number of phosphoric acid groups is 1. The molecule has 4 rings (SSSR count). The molecule has 2 aromatic rings. The molecule has 3 heterocycles. The summed E-state index contributed by atoms with van der Waals surface area (Å²) in [5.74, 6) is -3.16. The third-order valence-corrected chi connectivity index (χ3v) is 5.88. The zero-order valence-electron chi connectivity index (χ0n) is 18.0. The number of benzene rings is 1. The van der Waals surface area contributed by atoms with Crippen LogP contribution in [0, 0.1) is 13.8 Å². The van der Waals surface area contributed by atoms with Gasteiger partial charge in [-0.05, 0) is 19.4 Å². The van der Waals surface area contributed by atoms with Crippen LogP contribution >= 0.6 is 7.82 Å². The molecule has 30 heavy (non-hydrogen) atoms. The summed E-state index contributed by atoms with van der Waals surface area (Å²) >= 11 is 0. The van der Waals surface area contributed by atoms with E-state index < -0.39 is 50.2 Å². The normalized spacial score (nSPS) is 32.1. The number of aliphatic hydroxyl groups is 1. The van der Waals surface area contributed by atoms with Gasteiger partial charge in [-0.3, -0.25) is 23.4 Å². The Morgan fingerprint density at radius 3 is 2.97 bits per heavy atom. The number of hydrogen-bond donors (Lipinski definition) is 2. The van der Waals surface area contributed by atoms with E-state index in [4.69, 9.17) is 21.0 Å². The van der Waals surface area contributed by atoms with Crippen molar-refractivity contribution in [3.8, 4) is 5.75 Å². The Balaban J connectivity index is 1.60. The summed E-state index contributed by atoms with van der Waals surface area (Å²) < 4.78 is 65.6. The smallest absolute Gasteiger partial charge is 0.403 e. The first-order valence-electron chi connectivity index (χ1n) is 9.94. The van der Waals surface area contributed by atoms with Crippen molar-refractivity contribution in [3.63, 3.8) is 0 Å². The minimum atomic E-state index is -4.62. The van der Waals surface area contributed by atoms with Crippen LogP contribution < -0.4 is 15.8 Å². The Bertz CT molecular complexity index is 1230. The third kappa shape index (κ3) is 3.86. The summed E-state index contributed by atoms with van der Waals surface area (Å²) in [4.78, 5) is 25.6. The van der Waals surface area contributed by atoms with Crippen LogP contribution in [0.1, 0.15) is 32.1 Å². The van der Waals surface area contributed by atoms with E-state index >= 15 is 4.39 Å². The Labute approximate surface area is 172 Å². The molecular weight excluding hydrogens is 422 g/mol. The first-order valence-corrected chi connectivity index (χ1v) is 10.4. The summed E-state index contributed by atoms with van der Waals surface area (Å²) in [7, 11) is -4.62. The van der Waals surface area contributed by atoms with Crippen molar-refractivity contribution in [3.05, 3.63) is 61.9 Å². The van der Waals surface area contributed by atoms with Gasteiger partial charge in [0.05, 0.1) is 9.35 Å². The number of rotatable bonds is 4. The van der Waals surface area contributed by atoms with Crippen LogP contribution in [-0.2, 0) is 25.0 Å². The van der Waals surface area contributed by atoms with E-state index in [2.05, 4.69) is 0 Å². The van der Waals surface area contributed by atoms with Crippen LogP contribution in [0.5, 0.6) is 5.75 Å². The SMILES string of the molecule is [2H]C([2H])(OP1(=O)OCc2cccc(C)c2O1)[C@]1(F)C[C@@H](O)[C@H](n2cc(C)c(=O)[nH]c2=O)O1. The summed E-state index contributed by atoms with van der Waals surface area (Å²) in [6.45, 7) is -0.587. The number of halogens is 1. The lowest BCUT2D eigenvalue weighted by atomic mass is 10.1. The number of aromatic nitrogens is 2. The van der Waals surface area contributed by atoms with Crippen molar-refractivity contribution in [2.24, 2.45) is 0 Å². The average Bonchev–Trinajstić information content (AvgIpc) is 3.01. The number of phosphoric ester groups is 1. The summed E-state index contributed by atoms with van der Waals surface area (Å²) in [6, 6.07) is 5.05. The predicted octanol–water partition coefficient (Wildman–Crippen LogP) is 1.83. The van der Waals surface area contributed by atoms with Crippen molar-refractivity contribution < 1.29 is 35.1 Å². The Hall–Kier alpha value is -2.30. The first-order chi connectivity index (χ1) is 14.8. The van der Waals surface area contributed by atoms with Crippen LogP contribution in [-0.4, -0.2) is 33.2 Å². The number of fused-ring (bicyclic) bond motifs is 1. The van der Waals surface area contributed by atoms with Gasteiger partial charge >= 0.3 is 13.5 Å². The molecule has 4 atom stereocenters. The second-order valence-electron chi connectivity index (χ2n) is 7.06. The number of aliphatic hydroxyl groups excluding tert-OH is 1. The summed E-state index contributed by atoms with van der Waals surface area (Å²) in [6.07, 6.45) is -3.30. The third-order valence-electron chi connectivity index (χ3n) is 4.71. The van der Waals surface area contributed by atoms with E-state index in [9.17, 15) is 19.3 Å². The molecule has 0 spiro atoms. The molecular formula is C18H20FN2O8P. The maximum absolute atomic E-state index is 15.6. The van der Waals surface area contributed by atoms with Crippen LogP contribution in [0.15, 0.2) is 34.0 Å². The molecule has 162 valence electrons. The van der Waals surface area contributed by atoms with Gasteiger partial charge in [-0.25, -0.2) is 13.8 Å². The average molecular weight is 444 g/mol. The first kappa shape index (κ1) is 18.5. The lowest BCUT2D eigenvalue weighted by Gasteiger charge is -2.28. The van der Waals surface area contributed by atoms with Gasteiger partial charge in [-0.2, -0.15) is 0 Å². The molecule has 0 amide bonds. The molecule has 2 aliphatic rings. The molecule has 0 aliphatic carbocycles. The fourth-order valence-corrected chi connectivity index (χ4v) is 4.36. The van der Waals surface area contributed by atoms with Gasteiger partial charge in [0.1, 0.15) is 18.4 Å². The molecule has 0 saturated carbocycles. The highest BCUT2D eigenvalue weighted by Crippen LogP contribution is 2.56. The summed E-state index contributed by atoms with van der Waals surface area (Å²) in [5, 5.41) is 10.3. The monoisotopic (exact) mass is 444 g/mol. The number of nitrogens with zero attached hydrogens (tertiary/aromatic N) is 1. The van der Waals surface area contributed by atoms with Crippen molar-refractivity contribution in [1.82, 2.24) is 9.55 Å². The minimum Gasteiger partial charge on any atom is -0.403 e. The van der Waals surface area contributed by atoms with Crippen molar-refractivity contribution in [2.75, 3.05) is 6.56 Å². The van der Waals surface area contributed by atoms with Crippen LogP contribution in [0.2, 0.25) is 0 Å². The number of H-pyrrole nitrogens is 1. The summed E-state index contributed by atoms with van der Waals surface area (Å²) in [5.41, 5.74) is -0.446. The molecule has 0 bridgehead atoms. The van der Waals surface area contributed by atoms with Crippen LogP contribution in [0.25, 0.3) is 0 Å². The van der Waals surface area contributed by atoms with E-state index in [1.807, 2.05) is 4.98 Å². The molecule has 2 aliphatic heterocycles. The maximum Gasteiger partial charge on any atom is 0.530 e. The molecule has 1 saturated heterocycles. The molecule has 1 aromatic carbocycles. The van der Waals surface area contributed by atoms with Gasteiger partial charge in [-0.1, -0.05) is 18.2 Å². The number of nitrogens with one attached hydrogen (secondary N) is 1. The van der Waals surface area contributed by atoms with E-state index in [-0.39, 0.29) is 17.9 Å². The molecule has 1 fully saturated rings. The van der Waals surface area contributed by atoms with Gasteiger partial charge in [-0.15, -0.1) is 0 Å². The van der Waals surface area contributed by atoms with Gasteiger partial charge < -0.3 is 14.4 Å². The van der Waals surface area contributed by atoms with E-state index in [1.54, 1.807) is 25.1 Å². The van der Waals surface area contributed by atoms with Crippen molar-refractivity contribution in [1.29, 1.82) is 0 Å². The van der Waals surface area contributed by atoms with Gasteiger partial charge in [0.25, 0.3) is 5.56 Å². The minimum absolute atomic E-state index is 0.0819. The molecule has 2 N–H and O–H groups in total. The van der Waals surface area contributed by atoms with Gasteiger partial charge in [0.2, 0.25) is 5.85 Å². The number of alkyl halides is 1. The molecule has 10 nitrogen and oxygen atoms in total. The zero-order valence-corrected chi connectivity index (χ0v) is 16.9. The number of aromatic amines is 1. The number of para-hydroxylation sites is 1. The standard InChI is InChI=1S/C18H20FN2O8P/c1-10-4-3-5-12-8-26-30(25,29-14(10)12)27-9-18(19)6-13(22)16(28-18)21-7-11(2)15(23)20-17(21)24/h3-5,7,13,16,22H,6,8-9H2,1-2H3,(H,20,23,24)/t13-,16-,18+,30?/m1/s1/i9D2. The van der Waals surface area contributed by atoms with Crippen LogP contribution in [0.4, 0.5) is 4.39 Å². The van der Waals surface area contributed by atoms with Crippen molar-refractivity contribution >= 4 is 7.82 Å². The van der Waals surface area contributed by atoms with Gasteiger partial charge in [0.15, 0.2) is 6.23 Å². The van der Waals surface area contributed by atoms with E-state index in [1.165, 1.54) is 6.92 Å². The number of aryl methyl sites for hydroxylation is 2. The van der Waals surface area contributed by atoms with Crippen molar-refractivity contribution in [2.45, 2.75) is 45.1 Å². The fraction of sp³-hybridized carbons (Fsp3) is 0.444. The second kappa shape index (κ2) is 7.44. The molecule has 0 radical (unpaired) electrons. The topological polar surface area (TPSA) is 129 Å². The Morgan fingerprint density at radius 1 is 1.43 bits per heavy atom. The number of ether oxygens (including phenoxy) is 1. The van der Waals surface area contributed by atoms with E-state index in [0.717, 1.165) is 10.8 Å². The van der Waals surface area contributed by atoms with Gasteiger partial charge in [0, 0.05) is 23.7 Å². The highest BCUT2D eigenvalue weighted by molar-refractivity contribution is 7.49. The molecule has 12 heteroatoms. The Kier molecular flexibility index (Phi) is 4.58. The lowest BCUT2D eigenvalue weighted by molar-refractivity contribution is -0.179. The largest absolute Gasteiger partial charge is 0.530 e. The Morgan fingerprint density at radius 2 is 2.20 bits per heavy atom. The van der Waals surface area contributed by atoms with E-state index in [0.29, 0.717) is 11.1 Å². The molecule has 1 aromatic heterocycles. The highest BCUT2D eigenvalue weighted by atomic mass is 31.2. The molecule has 1 unspecified atom stereocenters. The fourth-order valence-electron chi connectivity index (χ4n) is 3.18. The lowest BCUT2D eigenvalue weighted by Crippen LogP contribution is -2.37. The maximum atomic E-state index is 15.6. The quantitative estimate of drug-likeness (QED) is 0.684. The highest BCUT2D eigenvalue weighted by Gasteiger charge is 2.50. The predicted molar refractivity (Wildman–Crippen MR) is 101 cm³/mol.